The van der Waals surface area contributed by atoms with Crippen molar-refractivity contribution in [1.82, 2.24) is 4.98 Å². The summed E-state index contributed by atoms with van der Waals surface area (Å²) in [6, 6.07) is 30.3. The van der Waals surface area contributed by atoms with Crippen LogP contribution in [0, 0.1) is 0 Å². The molecule has 1 aliphatic carbocycles. The average molecular weight is 426 g/mol. The molecule has 0 bridgehead atoms. The topological polar surface area (TPSA) is 26.0 Å². The summed E-state index contributed by atoms with van der Waals surface area (Å²) in [5.41, 5.74) is 9.47. The molecule has 7 rings (SSSR count). The zero-order valence-corrected chi connectivity index (χ0v) is 18.3. The molecule has 0 saturated heterocycles. The zero-order chi connectivity index (χ0) is 21.8. The number of nitrogens with zero attached hydrogens (tertiary/aromatic N) is 1. The molecule has 0 aliphatic heterocycles. The molecule has 0 radical (unpaired) electrons. The second kappa shape index (κ2) is 7.31. The molecule has 0 saturated carbocycles. The molecule has 33 heavy (non-hydrogen) atoms. The van der Waals surface area contributed by atoms with Crippen LogP contribution >= 0.6 is 0 Å². The van der Waals surface area contributed by atoms with Gasteiger partial charge in [-0.3, -0.25) is 4.98 Å². The van der Waals surface area contributed by atoms with Crippen LogP contribution in [0.25, 0.3) is 55.1 Å². The maximum atomic E-state index is 6.31. The number of furan rings is 1. The monoisotopic (exact) mass is 425 g/mol. The number of aromatic nitrogens is 1. The van der Waals surface area contributed by atoms with Crippen molar-refractivity contribution in [1.29, 1.82) is 0 Å². The van der Waals surface area contributed by atoms with Gasteiger partial charge in [0.1, 0.15) is 11.2 Å². The van der Waals surface area contributed by atoms with E-state index >= 15 is 0 Å². The van der Waals surface area contributed by atoms with Gasteiger partial charge in [0.2, 0.25) is 0 Å². The summed E-state index contributed by atoms with van der Waals surface area (Å²) >= 11 is 0. The van der Waals surface area contributed by atoms with E-state index in [0.29, 0.717) is 0 Å². The molecular formula is C31H23NO. The van der Waals surface area contributed by atoms with Gasteiger partial charge in [-0.05, 0) is 95.1 Å². The number of pyridine rings is 1. The van der Waals surface area contributed by atoms with Crippen molar-refractivity contribution in [3.63, 3.8) is 0 Å². The Kier molecular flexibility index (Phi) is 4.13. The predicted octanol–water partition coefficient (Wildman–Crippen LogP) is 8.35. The minimum absolute atomic E-state index is 0.925. The summed E-state index contributed by atoms with van der Waals surface area (Å²) in [6.45, 7) is 0. The van der Waals surface area contributed by atoms with Gasteiger partial charge in [0.25, 0.3) is 0 Å². The molecular weight excluding hydrogens is 402 g/mol. The van der Waals surface area contributed by atoms with Crippen molar-refractivity contribution in [3.8, 4) is 22.4 Å². The van der Waals surface area contributed by atoms with Gasteiger partial charge in [-0.15, -0.1) is 0 Å². The van der Waals surface area contributed by atoms with Gasteiger partial charge in [-0.2, -0.15) is 0 Å². The Morgan fingerprint density at radius 3 is 2.52 bits per heavy atom. The summed E-state index contributed by atoms with van der Waals surface area (Å²) < 4.78 is 6.31. The number of rotatable bonds is 2. The van der Waals surface area contributed by atoms with E-state index < -0.39 is 0 Å². The zero-order valence-electron chi connectivity index (χ0n) is 18.3. The third-order valence-corrected chi connectivity index (χ3v) is 7.12. The van der Waals surface area contributed by atoms with E-state index in [0.717, 1.165) is 34.1 Å². The van der Waals surface area contributed by atoms with E-state index in [1.165, 1.54) is 57.9 Å². The summed E-state index contributed by atoms with van der Waals surface area (Å²) in [5, 5.41) is 4.82. The van der Waals surface area contributed by atoms with Gasteiger partial charge < -0.3 is 4.42 Å². The molecule has 158 valence electrons. The van der Waals surface area contributed by atoms with Gasteiger partial charge in [-0.25, -0.2) is 0 Å². The van der Waals surface area contributed by atoms with Crippen LogP contribution in [0.4, 0.5) is 0 Å². The normalized spacial score (nSPS) is 13.6. The van der Waals surface area contributed by atoms with Crippen LogP contribution in [0.2, 0.25) is 0 Å². The smallest absolute Gasteiger partial charge is 0.136 e. The molecule has 2 aromatic heterocycles. The number of aryl methyl sites for hydroxylation is 1. The number of fused-ring (bicyclic) bond motifs is 5. The largest absolute Gasteiger partial charge is 0.456 e. The molecule has 6 aromatic rings. The minimum Gasteiger partial charge on any atom is -0.456 e. The predicted molar refractivity (Wildman–Crippen MR) is 137 cm³/mol. The summed E-state index contributed by atoms with van der Waals surface area (Å²) in [6.07, 6.45) is 6.78. The van der Waals surface area contributed by atoms with E-state index in [-0.39, 0.29) is 0 Å². The molecule has 1 aliphatic rings. The fourth-order valence-electron chi connectivity index (χ4n) is 5.48. The van der Waals surface area contributed by atoms with Gasteiger partial charge in [0, 0.05) is 22.5 Å². The Hall–Kier alpha value is -3.91. The van der Waals surface area contributed by atoms with Crippen LogP contribution in [-0.2, 0) is 12.8 Å². The van der Waals surface area contributed by atoms with Crippen LogP contribution in [-0.4, -0.2) is 4.98 Å². The highest BCUT2D eigenvalue weighted by Crippen LogP contribution is 2.37. The van der Waals surface area contributed by atoms with Crippen molar-refractivity contribution in [2.45, 2.75) is 25.7 Å². The van der Waals surface area contributed by atoms with Crippen molar-refractivity contribution in [2.75, 3.05) is 0 Å². The Labute approximate surface area is 192 Å². The van der Waals surface area contributed by atoms with Gasteiger partial charge in [0.15, 0.2) is 0 Å². The molecule has 0 spiro atoms. The lowest BCUT2D eigenvalue weighted by molar-refractivity contribution is 0.669. The van der Waals surface area contributed by atoms with Crippen LogP contribution in [0.1, 0.15) is 24.0 Å². The lowest BCUT2D eigenvalue weighted by atomic mass is 9.89. The molecule has 4 aromatic carbocycles. The maximum absolute atomic E-state index is 6.31. The third-order valence-electron chi connectivity index (χ3n) is 7.12. The molecule has 0 unspecified atom stereocenters. The van der Waals surface area contributed by atoms with Crippen LogP contribution in [0.15, 0.2) is 95.5 Å². The fourth-order valence-corrected chi connectivity index (χ4v) is 5.48. The minimum atomic E-state index is 0.925. The van der Waals surface area contributed by atoms with Gasteiger partial charge >= 0.3 is 0 Å². The van der Waals surface area contributed by atoms with Crippen LogP contribution in [0.5, 0.6) is 0 Å². The average Bonchev–Trinajstić information content (AvgIpc) is 3.25. The number of hydrogen-bond donors (Lipinski definition) is 0. The van der Waals surface area contributed by atoms with Crippen molar-refractivity contribution in [3.05, 3.63) is 102 Å². The lowest BCUT2D eigenvalue weighted by Crippen LogP contribution is -2.05. The Balaban J connectivity index is 1.38. The van der Waals surface area contributed by atoms with E-state index in [9.17, 15) is 0 Å². The van der Waals surface area contributed by atoms with Crippen LogP contribution < -0.4 is 0 Å². The molecule has 0 amide bonds. The molecule has 0 atom stereocenters. The summed E-state index contributed by atoms with van der Waals surface area (Å²) in [4.78, 5) is 4.79. The SMILES string of the molecule is c1ccc2c(-c3ccc4c(c3)oc3ccc(-c5nccc6c5CCCC6)cc34)cccc2c1. The van der Waals surface area contributed by atoms with Crippen molar-refractivity contribution < 1.29 is 4.42 Å². The molecule has 2 heteroatoms. The van der Waals surface area contributed by atoms with Gasteiger partial charge in [-0.1, -0.05) is 48.5 Å². The van der Waals surface area contributed by atoms with E-state index in [4.69, 9.17) is 9.40 Å². The molecule has 0 N–H and O–H groups in total. The summed E-state index contributed by atoms with van der Waals surface area (Å²) in [5.74, 6) is 0. The maximum Gasteiger partial charge on any atom is 0.136 e. The molecule has 2 heterocycles. The third kappa shape index (κ3) is 2.98. The first-order chi connectivity index (χ1) is 16.3. The first kappa shape index (κ1) is 18.6. The van der Waals surface area contributed by atoms with Crippen LogP contribution in [0.3, 0.4) is 0 Å². The quantitative estimate of drug-likeness (QED) is 0.279. The Morgan fingerprint density at radius 1 is 0.636 bits per heavy atom. The standard InChI is InChI=1S/C31H23NO/c1-3-9-24-20(6-1)8-5-11-25(24)22-12-14-27-28-18-23(13-15-29(28)33-30(27)19-22)31-26-10-4-2-7-21(26)16-17-32-31/h1,3,5-6,8-9,11-19H,2,4,7,10H2. The molecule has 0 fully saturated rings. The number of hydrogen-bond acceptors (Lipinski definition) is 2. The molecule has 2 nitrogen and oxygen atoms in total. The van der Waals surface area contributed by atoms with Crippen molar-refractivity contribution >= 4 is 32.7 Å². The van der Waals surface area contributed by atoms with Gasteiger partial charge in [0.05, 0.1) is 5.69 Å². The Morgan fingerprint density at radius 2 is 1.52 bits per heavy atom. The van der Waals surface area contributed by atoms with E-state index in [1.807, 2.05) is 6.20 Å². The Bertz CT molecular complexity index is 1670. The number of benzene rings is 4. The van der Waals surface area contributed by atoms with E-state index in [2.05, 4.69) is 84.9 Å². The second-order valence-corrected chi connectivity index (χ2v) is 9.05. The van der Waals surface area contributed by atoms with E-state index in [1.54, 1.807) is 0 Å². The summed E-state index contributed by atoms with van der Waals surface area (Å²) in [7, 11) is 0. The lowest BCUT2D eigenvalue weighted by Gasteiger charge is -2.18. The first-order valence-electron chi connectivity index (χ1n) is 11.8. The first-order valence-corrected chi connectivity index (χ1v) is 11.8. The second-order valence-electron chi connectivity index (χ2n) is 9.05. The fraction of sp³-hybridized carbons (Fsp3) is 0.129. The highest BCUT2D eigenvalue weighted by molar-refractivity contribution is 6.08. The van der Waals surface area contributed by atoms with Crippen molar-refractivity contribution in [2.24, 2.45) is 0 Å². The highest BCUT2D eigenvalue weighted by Gasteiger charge is 2.17. The highest BCUT2D eigenvalue weighted by atomic mass is 16.3.